The quantitative estimate of drug-likeness (QED) is 0.936. The van der Waals surface area contributed by atoms with Crippen molar-refractivity contribution in [2.75, 3.05) is 18.4 Å². The van der Waals surface area contributed by atoms with Gasteiger partial charge in [0.2, 0.25) is 10.0 Å². The number of nitrogens with zero attached hydrogens (tertiary/aromatic N) is 2. The van der Waals surface area contributed by atoms with Crippen molar-refractivity contribution >= 4 is 15.7 Å². The van der Waals surface area contributed by atoms with Gasteiger partial charge in [0, 0.05) is 24.8 Å². The van der Waals surface area contributed by atoms with Gasteiger partial charge in [-0.15, -0.1) is 0 Å². The number of hydrogen-bond donors (Lipinski definition) is 1. The van der Waals surface area contributed by atoms with Crippen molar-refractivity contribution in [2.24, 2.45) is 0 Å². The van der Waals surface area contributed by atoms with E-state index >= 15 is 0 Å². The number of hydrogen-bond acceptors (Lipinski definition) is 4. The fourth-order valence-electron chi connectivity index (χ4n) is 2.68. The molecule has 0 radical (unpaired) electrons. The van der Waals surface area contributed by atoms with Crippen molar-refractivity contribution in [3.8, 4) is 6.07 Å². The molecule has 1 N–H and O–H groups in total. The predicted octanol–water partition coefficient (Wildman–Crippen LogP) is 2.43. The van der Waals surface area contributed by atoms with E-state index in [2.05, 4.69) is 5.32 Å². The zero-order valence-corrected chi connectivity index (χ0v) is 13.3. The summed E-state index contributed by atoms with van der Waals surface area (Å²) in [5.41, 5.74) is 1.45. The van der Waals surface area contributed by atoms with E-state index in [-0.39, 0.29) is 10.9 Å². The third-order valence-corrected chi connectivity index (χ3v) is 5.80. The minimum absolute atomic E-state index is 0.102. The van der Waals surface area contributed by atoms with E-state index in [1.54, 1.807) is 0 Å². The highest BCUT2D eigenvalue weighted by atomic mass is 32.2. The van der Waals surface area contributed by atoms with Gasteiger partial charge in [-0.1, -0.05) is 18.2 Å². The van der Waals surface area contributed by atoms with Crippen LogP contribution in [0.4, 0.5) is 5.69 Å². The lowest BCUT2D eigenvalue weighted by atomic mass is 10.2. The standard InChI is InChI=1S/C17H17N3O2S/c18-12-14-6-8-17(9-7-14)23(21,22)20-11-10-16(13-20)19-15-4-2-1-3-5-15/h1-9,16,19H,10-11,13H2. The van der Waals surface area contributed by atoms with E-state index in [1.165, 1.54) is 28.6 Å². The summed E-state index contributed by atoms with van der Waals surface area (Å²) in [5.74, 6) is 0. The Balaban J connectivity index is 1.71. The Bertz CT molecular complexity index is 811. The van der Waals surface area contributed by atoms with Gasteiger partial charge in [0.25, 0.3) is 0 Å². The molecule has 1 fully saturated rings. The van der Waals surface area contributed by atoms with E-state index in [0.717, 1.165) is 12.1 Å². The van der Waals surface area contributed by atoms with Crippen molar-refractivity contribution in [2.45, 2.75) is 17.4 Å². The van der Waals surface area contributed by atoms with Crippen LogP contribution in [0.5, 0.6) is 0 Å². The molecule has 5 nitrogen and oxygen atoms in total. The van der Waals surface area contributed by atoms with Crippen LogP contribution in [0.25, 0.3) is 0 Å². The molecule has 1 unspecified atom stereocenters. The minimum Gasteiger partial charge on any atom is -0.381 e. The summed E-state index contributed by atoms with van der Waals surface area (Å²) in [6, 6.07) is 17.9. The van der Waals surface area contributed by atoms with E-state index in [9.17, 15) is 8.42 Å². The number of sulfonamides is 1. The van der Waals surface area contributed by atoms with Gasteiger partial charge in [-0.2, -0.15) is 9.57 Å². The van der Waals surface area contributed by atoms with Gasteiger partial charge in [0.15, 0.2) is 0 Å². The van der Waals surface area contributed by atoms with Gasteiger partial charge in [-0.05, 0) is 42.8 Å². The number of para-hydroxylation sites is 1. The third-order valence-electron chi connectivity index (χ3n) is 3.92. The van der Waals surface area contributed by atoms with Crippen LogP contribution in [0.1, 0.15) is 12.0 Å². The normalized spacial score (nSPS) is 18.5. The highest BCUT2D eigenvalue weighted by Gasteiger charge is 2.32. The Morgan fingerprint density at radius 1 is 1.09 bits per heavy atom. The molecule has 2 aromatic carbocycles. The van der Waals surface area contributed by atoms with Crippen molar-refractivity contribution < 1.29 is 8.42 Å². The van der Waals surface area contributed by atoms with Gasteiger partial charge in [-0.3, -0.25) is 0 Å². The first-order valence-electron chi connectivity index (χ1n) is 7.41. The van der Waals surface area contributed by atoms with Crippen LogP contribution >= 0.6 is 0 Å². The largest absolute Gasteiger partial charge is 0.381 e. The topological polar surface area (TPSA) is 73.2 Å². The van der Waals surface area contributed by atoms with Crippen molar-refractivity contribution in [3.63, 3.8) is 0 Å². The third kappa shape index (κ3) is 3.36. The van der Waals surface area contributed by atoms with Crippen LogP contribution in [0.2, 0.25) is 0 Å². The maximum absolute atomic E-state index is 12.6. The number of anilines is 1. The molecule has 2 aromatic rings. The van der Waals surface area contributed by atoms with Crippen LogP contribution in [0.3, 0.4) is 0 Å². The monoisotopic (exact) mass is 327 g/mol. The van der Waals surface area contributed by atoms with Gasteiger partial charge in [0.05, 0.1) is 16.5 Å². The van der Waals surface area contributed by atoms with E-state index in [4.69, 9.17) is 5.26 Å². The van der Waals surface area contributed by atoms with E-state index in [1.807, 2.05) is 36.4 Å². The van der Waals surface area contributed by atoms with Crippen molar-refractivity contribution in [1.29, 1.82) is 5.26 Å². The SMILES string of the molecule is N#Cc1ccc(S(=O)(=O)N2CCC(Nc3ccccc3)C2)cc1. The van der Waals surface area contributed by atoms with E-state index in [0.29, 0.717) is 18.7 Å². The fourth-order valence-corrected chi connectivity index (χ4v) is 4.19. The van der Waals surface area contributed by atoms with Crippen LogP contribution < -0.4 is 5.32 Å². The molecule has 3 rings (SSSR count). The van der Waals surface area contributed by atoms with Gasteiger partial charge in [0.1, 0.15) is 0 Å². The Kier molecular flexibility index (Phi) is 4.33. The molecule has 1 heterocycles. The van der Waals surface area contributed by atoms with Gasteiger partial charge in [-0.25, -0.2) is 8.42 Å². The smallest absolute Gasteiger partial charge is 0.243 e. The second kappa shape index (κ2) is 6.41. The summed E-state index contributed by atoms with van der Waals surface area (Å²) in [6.45, 7) is 0.935. The molecule has 23 heavy (non-hydrogen) atoms. The van der Waals surface area contributed by atoms with Crippen LogP contribution in [-0.2, 0) is 10.0 Å². The summed E-state index contributed by atoms with van der Waals surface area (Å²) in [4.78, 5) is 0.233. The summed E-state index contributed by atoms with van der Waals surface area (Å²) in [7, 11) is -3.50. The van der Waals surface area contributed by atoms with Crippen LogP contribution in [-0.4, -0.2) is 31.9 Å². The zero-order chi connectivity index (χ0) is 16.3. The maximum atomic E-state index is 12.6. The number of nitrogens with one attached hydrogen (secondary N) is 1. The van der Waals surface area contributed by atoms with Crippen molar-refractivity contribution in [3.05, 3.63) is 60.2 Å². The lowest BCUT2D eigenvalue weighted by molar-refractivity contribution is 0.474. The van der Waals surface area contributed by atoms with Crippen molar-refractivity contribution in [1.82, 2.24) is 4.31 Å². The molecule has 0 aliphatic carbocycles. The molecule has 1 aliphatic heterocycles. The first-order chi connectivity index (χ1) is 11.1. The Morgan fingerprint density at radius 2 is 1.78 bits per heavy atom. The first kappa shape index (κ1) is 15.5. The van der Waals surface area contributed by atoms with Crippen LogP contribution in [0.15, 0.2) is 59.5 Å². The maximum Gasteiger partial charge on any atom is 0.243 e. The summed E-state index contributed by atoms with van der Waals surface area (Å²) in [6.07, 6.45) is 0.768. The summed E-state index contributed by atoms with van der Waals surface area (Å²) in [5, 5.41) is 12.2. The van der Waals surface area contributed by atoms with Gasteiger partial charge >= 0.3 is 0 Å². The second-order valence-electron chi connectivity index (χ2n) is 5.50. The first-order valence-corrected chi connectivity index (χ1v) is 8.85. The predicted molar refractivity (Wildman–Crippen MR) is 88.4 cm³/mol. The molecule has 1 atom stereocenters. The molecule has 1 saturated heterocycles. The Morgan fingerprint density at radius 3 is 2.43 bits per heavy atom. The lowest BCUT2D eigenvalue weighted by Gasteiger charge is -2.17. The fraction of sp³-hybridized carbons (Fsp3) is 0.235. The molecule has 0 aromatic heterocycles. The number of nitriles is 1. The summed E-state index contributed by atoms with van der Waals surface area (Å²) < 4.78 is 26.8. The Labute approximate surface area is 136 Å². The average molecular weight is 327 g/mol. The molecule has 1 aliphatic rings. The number of benzene rings is 2. The lowest BCUT2D eigenvalue weighted by Crippen LogP contribution is -2.31. The molecule has 118 valence electrons. The molecule has 0 spiro atoms. The minimum atomic E-state index is -3.50. The molecule has 0 bridgehead atoms. The Hall–Kier alpha value is -2.36. The molecular weight excluding hydrogens is 310 g/mol. The molecule has 0 saturated carbocycles. The second-order valence-corrected chi connectivity index (χ2v) is 7.43. The van der Waals surface area contributed by atoms with Crippen LogP contribution in [0, 0.1) is 11.3 Å². The van der Waals surface area contributed by atoms with E-state index < -0.39 is 10.0 Å². The molecular formula is C17H17N3O2S. The zero-order valence-electron chi connectivity index (χ0n) is 12.5. The number of rotatable bonds is 4. The molecule has 6 heteroatoms. The molecule has 0 amide bonds. The van der Waals surface area contributed by atoms with Gasteiger partial charge < -0.3 is 5.32 Å². The highest BCUT2D eigenvalue weighted by Crippen LogP contribution is 2.23. The average Bonchev–Trinajstić information content (AvgIpc) is 3.05. The summed E-state index contributed by atoms with van der Waals surface area (Å²) >= 11 is 0. The highest BCUT2D eigenvalue weighted by molar-refractivity contribution is 7.89.